The number of hydrogen-bond donors (Lipinski definition) is 1. The van der Waals surface area contributed by atoms with Crippen LogP contribution in [0.1, 0.15) is 0 Å². The zero-order valence-electron chi connectivity index (χ0n) is 16.5. The van der Waals surface area contributed by atoms with Gasteiger partial charge < -0.3 is 19.0 Å². The molecule has 0 atom stereocenters. The number of hydrogen-bond acceptors (Lipinski definition) is 6. The molecule has 1 aromatic carbocycles. The Morgan fingerprint density at radius 1 is 0.935 bits per heavy atom. The molecular formula is C23H17N5O3. The van der Waals surface area contributed by atoms with Crippen molar-refractivity contribution in [2.24, 2.45) is 7.05 Å². The second-order valence-corrected chi connectivity index (χ2v) is 6.80. The number of benzene rings is 1. The molecule has 8 heteroatoms. The maximum atomic E-state index is 12.5. The summed E-state index contributed by atoms with van der Waals surface area (Å²) in [7, 11) is 1.67. The second-order valence-electron chi connectivity index (χ2n) is 6.80. The van der Waals surface area contributed by atoms with Crippen LogP contribution < -0.4 is 15.0 Å². The van der Waals surface area contributed by atoms with E-state index in [0.29, 0.717) is 39.8 Å². The highest BCUT2D eigenvalue weighted by atomic mass is 16.5. The van der Waals surface area contributed by atoms with Crippen LogP contribution in [0, 0.1) is 0 Å². The van der Waals surface area contributed by atoms with Crippen LogP contribution in [0.3, 0.4) is 0 Å². The van der Waals surface area contributed by atoms with Gasteiger partial charge in [-0.2, -0.15) is 0 Å². The first-order valence-electron chi connectivity index (χ1n) is 9.54. The van der Waals surface area contributed by atoms with Gasteiger partial charge in [-0.15, -0.1) is 0 Å². The minimum absolute atomic E-state index is 0.187. The highest BCUT2D eigenvalue weighted by Gasteiger charge is 2.16. The molecule has 152 valence electrons. The quantitative estimate of drug-likeness (QED) is 0.463. The highest BCUT2D eigenvalue weighted by molar-refractivity contribution is 5.86. The lowest BCUT2D eigenvalue weighted by atomic mass is 10.2. The van der Waals surface area contributed by atoms with Crippen molar-refractivity contribution in [2.75, 3.05) is 0 Å². The number of imidazole rings is 1. The van der Waals surface area contributed by atoms with Gasteiger partial charge in [0, 0.05) is 37.8 Å². The average Bonchev–Trinajstić information content (AvgIpc) is 3.23. The fourth-order valence-corrected chi connectivity index (χ4v) is 3.13. The molecular weight excluding hydrogens is 394 g/mol. The van der Waals surface area contributed by atoms with Crippen LogP contribution in [0.25, 0.3) is 22.6 Å². The summed E-state index contributed by atoms with van der Waals surface area (Å²) >= 11 is 0. The van der Waals surface area contributed by atoms with E-state index in [4.69, 9.17) is 9.47 Å². The molecule has 0 saturated carbocycles. The van der Waals surface area contributed by atoms with Gasteiger partial charge in [0.05, 0.1) is 11.7 Å². The highest BCUT2D eigenvalue weighted by Crippen LogP contribution is 2.35. The van der Waals surface area contributed by atoms with Crippen LogP contribution >= 0.6 is 0 Å². The molecule has 0 amide bonds. The Balaban J connectivity index is 1.64. The Morgan fingerprint density at radius 2 is 1.87 bits per heavy atom. The van der Waals surface area contributed by atoms with E-state index < -0.39 is 0 Å². The fourth-order valence-electron chi connectivity index (χ4n) is 3.13. The number of aromatic nitrogens is 5. The van der Waals surface area contributed by atoms with Gasteiger partial charge >= 0.3 is 0 Å². The third kappa shape index (κ3) is 3.74. The number of aryl methyl sites for hydroxylation is 1. The van der Waals surface area contributed by atoms with Crippen molar-refractivity contribution >= 4 is 11.0 Å². The third-order valence-electron chi connectivity index (χ3n) is 4.61. The van der Waals surface area contributed by atoms with Crippen LogP contribution in [-0.4, -0.2) is 24.5 Å². The maximum absolute atomic E-state index is 12.5. The summed E-state index contributed by atoms with van der Waals surface area (Å²) < 4.78 is 13.4. The molecule has 5 rings (SSSR count). The van der Waals surface area contributed by atoms with Crippen LogP contribution in [0.15, 0.2) is 84.2 Å². The summed E-state index contributed by atoms with van der Waals surface area (Å²) in [5, 5.41) is 0. The number of ether oxygens (including phenoxy) is 2. The monoisotopic (exact) mass is 411 g/mol. The van der Waals surface area contributed by atoms with Crippen LogP contribution in [0.2, 0.25) is 0 Å². The molecule has 1 N–H and O–H groups in total. The standard InChI is InChI=1S/C23H17N5O3/c1-28-11-5-8-19(23(28)29)31-20-13-16(30-15-6-4-9-24-14-15)12-18-21(20)27-22(26-18)17-7-2-3-10-25-17/h2-14H,1H3,(H,26,27). The number of aromatic amines is 1. The molecule has 0 bridgehead atoms. The minimum Gasteiger partial charge on any atom is -0.456 e. The lowest BCUT2D eigenvalue weighted by molar-refractivity contribution is 0.456. The van der Waals surface area contributed by atoms with E-state index in [0.717, 1.165) is 0 Å². The number of fused-ring (bicyclic) bond motifs is 1. The Labute approximate surface area is 176 Å². The lowest BCUT2D eigenvalue weighted by Gasteiger charge is -2.10. The number of nitrogens with zero attached hydrogens (tertiary/aromatic N) is 4. The zero-order chi connectivity index (χ0) is 21.2. The second kappa shape index (κ2) is 7.75. The van der Waals surface area contributed by atoms with Crippen molar-refractivity contribution in [2.45, 2.75) is 0 Å². The van der Waals surface area contributed by atoms with Gasteiger partial charge in [0.1, 0.15) is 22.7 Å². The maximum Gasteiger partial charge on any atom is 0.293 e. The number of pyridine rings is 3. The van der Waals surface area contributed by atoms with E-state index in [-0.39, 0.29) is 11.3 Å². The normalized spacial score (nSPS) is 10.9. The van der Waals surface area contributed by atoms with Gasteiger partial charge in [-0.25, -0.2) is 4.98 Å². The van der Waals surface area contributed by atoms with Crippen LogP contribution in [0.4, 0.5) is 0 Å². The van der Waals surface area contributed by atoms with E-state index in [1.54, 1.807) is 62.2 Å². The molecule has 0 unspecified atom stereocenters. The first-order valence-corrected chi connectivity index (χ1v) is 9.54. The number of H-pyrrole nitrogens is 1. The SMILES string of the molecule is Cn1cccc(Oc2cc(Oc3cccnc3)cc3[nH]c(-c4ccccn4)nc23)c1=O. The smallest absolute Gasteiger partial charge is 0.293 e. The van der Waals surface area contributed by atoms with Crippen molar-refractivity contribution in [1.29, 1.82) is 0 Å². The Bertz CT molecular complexity index is 1410. The minimum atomic E-state index is -0.255. The summed E-state index contributed by atoms with van der Waals surface area (Å²) in [4.78, 5) is 28.8. The first-order chi connectivity index (χ1) is 15.2. The van der Waals surface area contributed by atoms with Crippen molar-refractivity contribution in [3.63, 3.8) is 0 Å². The van der Waals surface area contributed by atoms with Crippen LogP contribution in [-0.2, 0) is 7.05 Å². The summed E-state index contributed by atoms with van der Waals surface area (Å²) in [6.07, 6.45) is 6.65. The van der Waals surface area contributed by atoms with Gasteiger partial charge in [-0.3, -0.25) is 14.8 Å². The summed E-state index contributed by atoms with van der Waals surface area (Å²) in [6.45, 7) is 0. The van der Waals surface area contributed by atoms with E-state index >= 15 is 0 Å². The molecule has 0 saturated heterocycles. The molecule has 0 aliphatic heterocycles. The molecule has 4 aromatic heterocycles. The zero-order valence-corrected chi connectivity index (χ0v) is 16.5. The van der Waals surface area contributed by atoms with E-state index in [1.165, 1.54) is 4.57 Å². The Kier molecular flexibility index (Phi) is 4.64. The molecule has 8 nitrogen and oxygen atoms in total. The summed E-state index contributed by atoms with van der Waals surface area (Å²) in [5.41, 5.74) is 1.68. The van der Waals surface area contributed by atoms with Gasteiger partial charge in [-0.05, 0) is 36.4 Å². The molecule has 5 aromatic rings. The molecule has 0 aliphatic carbocycles. The van der Waals surface area contributed by atoms with Gasteiger partial charge in [-0.1, -0.05) is 6.07 Å². The molecule has 0 spiro atoms. The Morgan fingerprint density at radius 3 is 2.68 bits per heavy atom. The number of nitrogens with one attached hydrogen (secondary N) is 1. The van der Waals surface area contributed by atoms with Gasteiger partial charge in [0.25, 0.3) is 5.56 Å². The Hall–Kier alpha value is -4.46. The fraction of sp³-hybridized carbons (Fsp3) is 0.0435. The average molecular weight is 411 g/mol. The molecule has 4 heterocycles. The first kappa shape index (κ1) is 18.6. The van der Waals surface area contributed by atoms with Gasteiger partial charge in [0.15, 0.2) is 17.3 Å². The van der Waals surface area contributed by atoms with Crippen molar-refractivity contribution in [3.8, 4) is 34.5 Å². The molecule has 31 heavy (non-hydrogen) atoms. The largest absolute Gasteiger partial charge is 0.456 e. The molecule has 0 fully saturated rings. The van der Waals surface area contributed by atoms with Crippen molar-refractivity contribution < 1.29 is 9.47 Å². The number of rotatable bonds is 5. The predicted octanol–water partition coefficient (Wildman–Crippen LogP) is 4.30. The van der Waals surface area contributed by atoms with E-state index in [2.05, 4.69) is 19.9 Å². The van der Waals surface area contributed by atoms with Crippen LogP contribution in [0.5, 0.6) is 23.0 Å². The van der Waals surface area contributed by atoms with Crippen molar-refractivity contribution in [3.05, 3.63) is 89.7 Å². The third-order valence-corrected chi connectivity index (χ3v) is 4.61. The van der Waals surface area contributed by atoms with E-state index in [1.807, 2.05) is 24.3 Å². The predicted molar refractivity (Wildman–Crippen MR) is 115 cm³/mol. The summed E-state index contributed by atoms with van der Waals surface area (Å²) in [6, 6.07) is 16.1. The lowest BCUT2D eigenvalue weighted by Crippen LogP contribution is -2.16. The van der Waals surface area contributed by atoms with Gasteiger partial charge in [0.2, 0.25) is 0 Å². The molecule has 0 aliphatic rings. The molecule has 0 radical (unpaired) electrons. The van der Waals surface area contributed by atoms with Crippen molar-refractivity contribution in [1.82, 2.24) is 24.5 Å². The topological polar surface area (TPSA) is 94.9 Å². The summed E-state index contributed by atoms with van der Waals surface area (Å²) in [5.74, 6) is 2.25. The van der Waals surface area contributed by atoms with E-state index in [9.17, 15) is 4.79 Å².